The first-order valence-corrected chi connectivity index (χ1v) is 8.40. The molecule has 0 aliphatic heterocycles. The number of benzene rings is 1. The van der Waals surface area contributed by atoms with Gasteiger partial charge in [0, 0.05) is 22.2 Å². The van der Waals surface area contributed by atoms with Crippen molar-refractivity contribution in [2.75, 3.05) is 18.1 Å². The molecule has 0 saturated carbocycles. The number of aliphatic carboxylic acids is 1. The van der Waals surface area contributed by atoms with Crippen LogP contribution < -0.4 is 10.1 Å². The molecule has 2 N–H and O–H groups in total. The van der Waals surface area contributed by atoms with Crippen LogP contribution in [0.1, 0.15) is 6.92 Å². The van der Waals surface area contributed by atoms with Crippen molar-refractivity contribution in [1.29, 1.82) is 0 Å². The van der Waals surface area contributed by atoms with E-state index in [2.05, 4.69) is 21.2 Å². The van der Waals surface area contributed by atoms with Gasteiger partial charge in [0.15, 0.2) is 0 Å². The molecule has 0 fully saturated rings. The average molecular weight is 378 g/mol. The minimum atomic E-state index is -1.40. The van der Waals surface area contributed by atoms with Crippen LogP contribution in [-0.4, -0.2) is 45.3 Å². The van der Waals surface area contributed by atoms with Crippen LogP contribution in [0.25, 0.3) is 0 Å². The summed E-state index contributed by atoms with van der Waals surface area (Å²) in [5.74, 6) is -0.985. The summed E-state index contributed by atoms with van der Waals surface area (Å²) in [4.78, 5) is 21.8. The smallest absolute Gasteiger partial charge is 0.327 e. The number of rotatable bonds is 8. The molecular formula is C13H16BrNO5S. The summed E-state index contributed by atoms with van der Waals surface area (Å²) in [5, 5.41) is 11.2. The van der Waals surface area contributed by atoms with E-state index in [4.69, 9.17) is 9.84 Å². The van der Waals surface area contributed by atoms with Gasteiger partial charge >= 0.3 is 5.97 Å². The summed E-state index contributed by atoms with van der Waals surface area (Å²) in [5.41, 5.74) is 0. The Morgan fingerprint density at radius 2 is 2.19 bits per heavy atom. The zero-order chi connectivity index (χ0) is 15.8. The van der Waals surface area contributed by atoms with E-state index in [1.54, 1.807) is 12.1 Å². The van der Waals surface area contributed by atoms with Gasteiger partial charge in [-0.1, -0.05) is 22.0 Å². The number of hydrogen-bond acceptors (Lipinski definition) is 4. The minimum Gasteiger partial charge on any atom is -0.493 e. The lowest BCUT2D eigenvalue weighted by Crippen LogP contribution is -2.43. The second-order valence-electron chi connectivity index (χ2n) is 4.21. The Hall–Kier alpha value is -1.41. The van der Waals surface area contributed by atoms with Gasteiger partial charge in [-0.3, -0.25) is 9.00 Å². The Kier molecular flexibility index (Phi) is 7.38. The Morgan fingerprint density at radius 1 is 1.48 bits per heavy atom. The van der Waals surface area contributed by atoms with Crippen LogP contribution in [0.2, 0.25) is 0 Å². The molecule has 0 aromatic heterocycles. The number of ether oxygens (including phenoxy) is 1. The second kappa shape index (κ2) is 8.78. The van der Waals surface area contributed by atoms with Gasteiger partial charge in [0.2, 0.25) is 5.91 Å². The molecule has 0 spiro atoms. The van der Waals surface area contributed by atoms with Crippen LogP contribution in [0.15, 0.2) is 28.7 Å². The Labute approximate surface area is 133 Å². The molecule has 0 heterocycles. The monoisotopic (exact) mass is 377 g/mol. The van der Waals surface area contributed by atoms with E-state index >= 15 is 0 Å². The lowest BCUT2D eigenvalue weighted by Gasteiger charge is -2.13. The summed E-state index contributed by atoms with van der Waals surface area (Å²) in [7, 11) is -1.40. The van der Waals surface area contributed by atoms with Crippen molar-refractivity contribution in [2.24, 2.45) is 0 Å². The molecule has 0 saturated heterocycles. The highest BCUT2D eigenvalue weighted by Gasteiger charge is 2.21. The quantitative estimate of drug-likeness (QED) is 0.709. The van der Waals surface area contributed by atoms with E-state index in [1.165, 1.54) is 6.92 Å². The summed E-state index contributed by atoms with van der Waals surface area (Å²) in [6.07, 6.45) is 0. The van der Waals surface area contributed by atoms with E-state index in [1.807, 2.05) is 12.1 Å². The van der Waals surface area contributed by atoms with Crippen LogP contribution in [0.3, 0.4) is 0 Å². The van der Waals surface area contributed by atoms with Gasteiger partial charge in [-0.2, -0.15) is 0 Å². The fraction of sp³-hybridized carbons (Fsp3) is 0.385. The molecule has 0 aliphatic carbocycles. The van der Waals surface area contributed by atoms with Crippen molar-refractivity contribution < 1.29 is 23.6 Å². The van der Waals surface area contributed by atoms with Crippen molar-refractivity contribution in [1.82, 2.24) is 5.32 Å². The summed E-state index contributed by atoms with van der Waals surface area (Å²) >= 11 is 3.31. The number of amides is 1. The van der Waals surface area contributed by atoms with E-state index < -0.39 is 28.7 Å². The highest BCUT2D eigenvalue weighted by Crippen LogP contribution is 2.17. The zero-order valence-corrected chi connectivity index (χ0v) is 13.8. The number of carbonyl (C=O) groups is 2. The number of hydrogen-bond donors (Lipinski definition) is 2. The fourth-order valence-electron chi connectivity index (χ4n) is 1.50. The van der Waals surface area contributed by atoms with Gasteiger partial charge in [-0.15, -0.1) is 0 Å². The minimum absolute atomic E-state index is 0.142. The van der Waals surface area contributed by atoms with E-state index in [0.29, 0.717) is 5.75 Å². The van der Waals surface area contributed by atoms with Crippen molar-refractivity contribution in [3.63, 3.8) is 0 Å². The molecule has 2 unspecified atom stereocenters. The Balaban J connectivity index is 2.39. The second-order valence-corrected chi connectivity index (χ2v) is 6.74. The van der Waals surface area contributed by atoms with Crippen molar-refractivity contribution >= 4 is 38.6 Å². The maximum atomic E-state index is 11.8. The largest absolute Gasteiger partial charge is 0.493 e. The van der Waals surface area contributed by atoms with E-state index in [9.17, 15) is 13.8 Å². The summed E-state index contributed by atoms with van der Waals surface area (Å²) in [6.45, 7) is 1.42. The first-order valence-electron chi connectivity index (χ1n) is 6.11. The third kappa shape index (κ3) is 7.24. The molecule has 2 atom stereocenters. The number of carbonyl (C=O) groups excluding carboxylic acids is 1. The molecule has 0 bridgehead atoms. The first kappa shape index (κ1) is 17.6. The maximum absolute atomic E-state index is 11.8. The lowest BCUT2D eigenvalue weighted by molar-refractivity contribution is -0.140. The van der Waals surface area contributed by atoms with Gasteiger partial charge in [0.05, 0.1) is 18.1 Å². The molecule has 21 heavy (non-hydrogen) atoms. The topological polar surface area (TPSA) is 92.7 Å². The van der Waals surface area contributed by atoms with Gasteiger partial charge in [0.25, 0.3) is 0 Å². The number of nitrogens with one attached hydrogen (secondary N) is 1. The molecule has 1 rings (SSSR count). The standard InChI is InChI=1S/C13H16BrNO5S/c1-9(16)15-12(13(17)18)8-21(19)6-5-20-11-4-2-3-10(14)7-11/h2-4,7,12H,5-6,8H2,1H3,(H,15,16)(H,17,18). The molecular weight excluding hydrogens is 362 g/mol. The van der Waals surface area contributed by atoms with Crippen molar-refractivity contribution in [3.8, 4) is 5.75 Å². The first-order chi connectivity index (χ1) is 9.88. The summed E-state index contributed by atoms with van der Waals surface area (Å²) < 4.78 is 18.1. The predicted molar refractivity (Wildman–Crippen MR) is 82.8 cm³/mol. The molecule has 116 valence electrons. The normalized spacial score (nSPS) is 13.2. The molecule has 0 radical (unpaired) electrons. The number of carboxylic acid groups (broad SMARTS) is 1. The molecule has 1 amide bonds. The highest BCUT2D eigenvalue weighted by molar-refractivity contribution is 9.10. The van der Waals surface area contributed by atoms with Crippen LogP contribution in [0.4, 0.5) is 0 Å². The third-order valence-electron chi connectivity index (χ3n) is 2.40. The third-order valence-corrected chi connectivity index (χ3v) is 4.22. The predicted octanol–water partition coefficient (Wildman–Crippen LogP) is 1.17. The average Bonchev–Trinajstić information content (AvgIpc) is 2.37. The van der Waals surface area contributed by atoms with Crippen molar-refractivity contribution in [2.45, 2.75) is 13.0 Å². The molecule has 8 heteroatoms. The number of carboxylic acids is 1. The van der Waals surface area contributed by atoms with E-state index in [-0.39, 0.29) is 18.1 Å². The zero-order valence-electron chi connectivity index (χ0n) is 11.4. The van der Waals surface area contributed by atoms with Gasteiger partial charge in [-0.05, 0) is 18.2 Å². The molecule has 1 aromatic carbocycles. The lowest BCUT2D eigenvalue weighted by atomic mass is 10.3. The molecule has 0 aliphatic rings. The molecule has 6 nitrogen and oxygen atoms in total. The van der Waals surface area contributed by atoms with Crippen LogP contribution >= 0.6 is 15.9 Å². The van der Waals surface area contributed by atoms with Gasteiger partial charge < -0.3 is 15.2 Å². The Bertz CT molecular complexity index is 537. The van der Waals surface area contributed by atoms with Gasteiger partial charge in [0.1, 0.15) is 11.8 Å². The SMILES string of the molecule is CC(=O)NC(CS(=O)CCOc1cccc(Br)c1)C(=O)O. The highest BCUT2D eigenvalue weighted by atomic mass is 79.9. The fourth-order valence-corrected chi connectivity index (χ4v) is 2.91. The van der Waals surface area contributed by atoms with Crippen LogP contribution in [0.5, 0.6) is 5.75 Å². The van der Waals surface area contributed by atoms with Crippen molar-refractivity contribution in [3.05, 3.63) is 28.7 Å². The molecule has 1 aromatic rings. The van der Waals surface area contributed by atoms with Crippen LogP contribution in [-0.2, 0) is 20.4 Å². The van der Waals surface area contributed by atoms with Crippen LogP contribution in [0, 0.1) is 0 Å². The summed E-state index contributed by atoms with van der Waals surface area (Å²) in [6, 6.07) is 6.07. The van der Waals surface area contributed by atoms with Gasteiger partial charge in [-0.25, -0.2) is 4.79 Å². The van der Waals surface area contributed by atoms with E-state index in [0.717, 1.165) is 4.47 Å². The Morgan fingerprint density at radius 3 is 2.76 bits per heavy atom. The maximum Gasteiger partial charge on any atom is 0.327 e. The number of halogens is 1.